The van der Waals surface area contributed by atoms with Crippen LogP contribution in [0, 0.1) is 0 Å². The van der Waals surface area contributed by atoms with Gasteiger partial charge in [-0.05, 0) is 6.92 Å². The van der Waals surface area contributed by atoms with Crippen LogP contribution in [0.15, 0.2) is 0 Å². The van der Waals surface area contributed by atoms with Crippen LogP contribution in [0.25, 0.3) is 0 Å². The highest BCUT2D eigenvalue weighted by molar-refractivity contribution is 7.99. The maximum Gasteiger partial charge on any atom is 0.0101 e. The van der Waals surface area contributed by atoms with E-state index in [1.165, 1.54) is 0 Å². The van der Waals surface area contributed by atoms with Crippen LogP contribution in [0.5, 0.6) is 0 Å². The first-order valence-corrected chi connectivity index (χ1v) is 3.96. The minimum absolute atomic E-state index is 0.312. The van der Waals surface area contributed by atoms with Gasteiger partial charge in [-0.15, -0.1) is 0 Å². The summed E-state index contributed by atoms with van der Waals surface area (Å²) in [5.41, 5.74) is 10.7. The SMILES string of the molecule is CC(N)CSCCN. The van der Waals surface area contributed by atoms with Gasteiger partial charge < -0.3 is 11.5 Å². The summed E-state index contributed by atoms with van der Waals surface area (Å²) in [5, 5.41) is 0. The van der Waals surface area contributed by atoms with E-state index < -0.39 is 0 Å². The molecule has 0 aromatic carbocycles. The van der Waals surface area contributed by atoms with E-state index in [0.29, 0.717) is 6.04 Å². The minimum atomic E-state index is 0.312. The van der Waals surface area contributed by atoms with Crippen molar-refractivity contribution in [2.24, 2.45) is 11.5 Å². The maximum atomic E-state index is 5.47. The molecule has 0 aromatic heterocycles. The summed E-state index contributed by atoms with van der Waals surface area (Å²) >= 11 is 1.81. The highest BCUT2D eigenvalue weighted by Crippen LogP contribution is 1.98. The van der Waals surface area contributed by atoms with E-state index in [-0.39, 0.29) is 0 Å². The van der Waals surface area contributed by atoms with Crippen LogP contribution in [-0.4, -0.2) is 24.1 Å². The third-order valence-corrected chi connectivity index (χ3v) is 1.93. The quantitative estimate of drug-likeness (QED) is 0.533. The fourth-order valence-electron chi connectivity index (χ4n) is 0.353. The van der Waals surface area contributed by atoms with Crippen molar-refractivity contribution < 1.29 is 0 Å². The van der Waals surface area contributed by atoms with Crippen molar-refractivity contribution >= 4 is 11.8 Å². The molecule has 0 radical (unpaired) electrons. The topological polar surface area (TPSA) is 52.0 Å². The zero-order valence-electron chi connectivity index (χ0n) is 5.26. The molecule has 0 rings (SSSR count). The van der Waals surface area contributed by atoms with Crippen molar-refractivity contribution in [1.29, 1.82) is 0 Å². The molecule has 0 aromatic rings. The lowest BCUT2D eigenvalue weighted by Gasteiger charge is -2.01. The Bertz CT molecular complexity index is 47.7. The van der Waals surface area contributed by atoms with Crippen molar-refractivity contribution in [3.05, 3.63) is 0 Å². The first kappa shape index (κ1) is 8.27. The molecule has 0 saturated heterocycles. The molecular formula is C5H14N2S. The van der Waals surface area contributed by atoms with E-state index in [4.69, 9.17) is 11.5 Å². The smallest absolute Gasteiger partial charge is 0.0101 e. The van der Waals surface area contributed by atoms with E-state index in [9.17, 15) is 0 Å². The molecule has 0 aliphatic carbocycles. The van der Waals surface area contributed by atoms with Gasteiger partial charge in [-0.2, -0.15) is 11.8 Å². The Labute approximate surface area is 55.0 Å². The summed E-state index contributed by atoms with van der Waals surface area (Å²) in [5.74, 6) is 2.05. The lowest BCUT2D eigenvalue weighted by atomic mass is 10.4. The third kappa shape index (κ3) is 6.27. The Balaban J connectivity index is 2.72. The largest absolute Gasteiger partial charge is 0.330 e. The molecule has 0 amide bonds. The molecule has 0 spiro atoms. The molecule has 50 valence electrons. The van der Waals surface area contributed by atoms with E-state index in [2.05, 4.69) is 0 Å². The second kappa shape index (κ2) is 5.41. The van der Waals surface area contributed by atoms with Gasteiger partial charge in [0.25, 0.3) is 0 Å². The molecule has 0 heterocycles. The van der Waals surface area contributed by atoms with Crippen molar-refractivity contribution in [3.8, 4) is 0 Å². The first-order chi connectivity index (χ1) is 3.77. The molecule has 0 saturated carbocycles. The van der Waals surface area contributed by atoms with Gasteiger partial charge in [0.2, 0.25) is 0 Å². The summed E-state index contributed by atoms with van der Waals surface area (Å²) in [4.78, 5) is 0. The van der Waals surface area contributed by atoms with Crippen LogP contribution in [-0.2, 0) is 0 Å². The zero-order valence-corrected chi connectivity index (χ0v) is 6.08. The van der Waals surface area contributed by atoms with Gasteiger partial charge in [0.15, 0.2) is 0 Å². The Morgan fingerprint density at radius 3 is 2.62 bits per heavy atom. The molecule has 0 aliphatic rings. The molecule has 4 N–H and O–H groups in total. The number of thioether (sulfide) groups is 1. The average Bonchev–Trinajstić information content (AvgIpc) is 1.66. The summed E-state index contributed by atoms with van der Waals surface area (Å²) in [7, 11) is 0. The van der Waals surface area contributed by atoms with Gasteiger partial charge in [-0.3, -0.25) is 0 Å². The number of hydrogen-bond donors (Lipinski definition) is 2. The third-order valence-electron chi connectivity index (χ3n) is 0.643. The van der Waals surface area contributed by atoms with Crippen molar-refractivity contribution in [3.63, 3.8) is 0 Å². The Hall–Kier alpha value is 0.270. The number of nitrogens with two attached hydrogens (primary N) is 2. The Morgan fingerprint density at radius 2 is 2.25 bits per heavy atom. The van der Waals surface area contributed by atoms with Crippen molar-refractivity contribution in [2.45, 2.75) is 13.0 Å². The molecule has 0 bridgehead atoms. The normalized spacial score (nSPS) is 13.9. The van der Waals surface area contributed by atoms with Crippen LogP contribution >= 0.6 is 11.8 Å². The lowest BCUT2D eigenvalue weighted by Crippen LogP contribution is -2.18. The van der Waals surface area contributed by atoms with Crippen LogP contribution < -0.4 is 11.5 Å². The minimum Gasteiger partial charge on any atom is -0.330 e. The highest BCUT2D eigenvalue weighted by Gasteiger charge is 1.90. The molecule has 0 aliphatic heterocycles. The summed E-state index contributed by atoms with van der Waals surface area (Å²) < 4.78 is 0. The van der Waals surface area contributed by atoms with Crippen LogP contribution in [0.3, 0.4) is 0 Å². The summed E-state index contributed by atoms with van der Waals surface area (Å²) in [6.07, 6.45) is 0. The zero-order chi connectivity index (χ0) is 6.41. The molecule has 8 heavy (non-hydrogen) atoms. The van der Waals surface area contributed by atoms with Gasteiger partial charge in [0.1, 0.15) is 0 Å². The molecule has 1 unspecified atom stereocenters. The van der Waals surface area contributed by atoms with E-state index >= 15 is 0 Å². The van der Waals surface area contributed by atoms with Crippen LogP contribution in [0.1, 0.15) is 6.92 Å². The number of rotatable bonds is 4. The maximum absolute atomic E-state index is 5.47. The standard InChI is InChI=1S/C5H14N2S/c1-5(7)4-8-3-2-6/h5H,2-4,6-7H2,1H3. The molecular weight excluding hydrogens is 120 g/mol. The summed E-state index contributed by atoms with van der Waals surface area (Å²) in [6, 6.07) is 0.312. The summed E-state index contributed by atoms with van der Waals surface area (Å²) in [6.45, 7) is 2.76. The Kier molecular flexibility index (Phi) is 5.59. The van der Waals surface area contributed by atoms with Gasteiger partial charge in [0, 0.05) is 24.1 Å². The number of hydrogen-bond acceptors (Lipinski definition) is 3. The van der Waals surface area contributed by atoms with Crippen LogP contribution in [0.2, 0.25) is 0 Å². The van der Waals surface area contributed by atoms with Crippen molar-refractivity contribution in [1.82, 2.24) is 0 Å². The van der Waals surface area contributed by atoms with Gasteiger partial charge in [0.05, 0.1) is 0 Å². The van der Waals surface area contributed by atoms with E-state index in [1.807, 2.05) is 18.7 Å². The van der Waals surface area contributed by atoms with Gasteiger partial charge >= 0.3 is 0 Å². The molecule has 2 nitrogen and oxygen atoms in total. The monoisotopic (exact) mass is 134 g/mol. The van der Waals surface area contributed by atoms with E-state index in [1.54, 1.807) is 0 Å². The molecule has 0 fully saturated rings. The van der Waals surface area contributed by atoms with Crippen LogP contribution in [0.4, 0.5) is 0 Å². The Morgan fingerprint density at radius 1 is 1.62 bits per heavy atom. The molecule has 1 atom stereocenters. The molecule has 3 heteroatoms. The second-order valence-corrected chi connectivity index (χ2v) is 2.99. The second-order valence-electron chi connectivity index (χ2n) is 1.84. The van der Waals surface area contributed by atoms with E-state index in [0.717, 1.165) is 18.1 Å². The lowest BCUT2D eigenvalue weighted by molar-refractivity contribution is 0.847. The predicted octanol–water partition coefficient (Wildman–Crippen LogP) is 0.0255. The predicted molar refractivity (Wildman–Crippen MR) is 40.0 cm³/mol. The van der Waals surface area contributed by atoms with Gasteiger partial charge in [-0.25, -0.2) is 0 Å². The van der Waals surface area contributed by atoms with Gasteiger partial charge in [-0.1, -0.05) is 0 Å². The van der Waals surface area contributed by atoms with Crippen molar-refractivity contribution in [2.75, 3.05) is 18.1 Å². The fourth-order valence-corrected chi connectivity index (χ4v) is 1.06. The first-order valence-electron chi connectivity index (χ1n) is 2.80. The average molecular weight is 134 g/mol. The fraction of sp³-hybridized carbons (Fsp3) is 1.00. The highest BCUT2D eigenvalue weighted by atomic mass is 32.2.